The highest BCUT2D eigenvalue weighted by molar-refractivity contribution is 5.72. The van der Waals surface area contributed by atoms with E-state index in [-0.39, 0.29) is 0 Å². The molecule has 0 fully saturated rings. The standard InChI is InChI=1S/C12H16N2/c1-2-13-8-10-7-11-5-3-4-6-12(11)14-9-10/h3-7,13-14H,2,8-9H2,1H3. The highest BCUT2D eigenvalue weighted by Crippen LogP contribution is 2.22. The summed E-state index contributed by atoms with van der Waals surface area (Å²) in [7, 11) is 0. The quantitative estimate of drug-likeness (QED) is 0.759. The van der Waals surface area contributed by atoms with E-state index in [4.69, 9.17) is 0 Å². The van der Waals surface area contributed by atoms with Crippen molar-refractivity contribution in [1.82, 2.24) is 5.32 Å². The van der Waals surface area contributed by atoms with E-state index in [1.807, 2.05) is 0 Å². The van der Waals surface area contributed by atoms with Gasteiger partial charge in [0.15, 0.2) is 0 Å². The second kappa shape index (κ2) is 4.29. The first kappa shape index (κ1) is 9.28. The number of nitrogens with one attached hydrogen (secondary N) is 2. The van der Waals surface area contributed by atoms with Crippen LogP contribution in [-0.4, -0.2) is 19.6 Å². The summed E-state index contributed by atoms with van der Waals surface area (Å²) < 4.78 is 0. The first-order valence-electron chi connectivity index (χ1n) is 5.13. The van der Waals surface area contributed by atoms with Crippen molar-refractivity contribution in [3.05, 3.63) is 35.4 Å². The summed E-state index contributed by atoms with van der Waals surface area (Å²) in [5, 5.41) is 6.75. The van der Waals surface area contributed by atoms with Crippen LogP contribution in [0.1, 0.15) is 12.5 Å². The van der Waals surface area contributed by atoms with Gasteiger partial charge in [0.1, 0.15) is 0 Å². The number of hydrogen-bond donors (Lipinski definition) is 2. The zero-order valence-corrected chi connectivity index (χ0v) is 8.51. The van der Waals surface area contributed by atoms with Gasteiger partial charge in [-0.3, -0.25) is 0 Å². The monoisotopic (exact) mass is 188 g/mol. The molecule has 0 spiro atoms. The highest BCUT2D eigenvalue weighted by atomic mass is 14.9. The fourth-order valence-corrected chi connectivity index (χ4v) is 1.66. The van der Waals surface area contributed by atoms with Gasteiger partial charge in [0, 0.05) is 18.8 Å². The minimum absolute atomic E-state index is 0.962. The Bertz CT molecular complexity index is 342. The zero-order valence-electron chi connectivity index (χ0n) is 8.51. The van der Waals surface area contributed by atoms with Crippen molar-refractivity contribution in [3.8, 4) is 0 Å². The van der Waals surface area contributed by atoms with Crippen LogP contribution in [0.25, 0.3) is 6.08 Å². The van der Waals surface area contributed by atoms with Crippen LogP contribution < -0.4 is 10.6 Å². The summed E-state index contributed by atoms with van der Waals surface area (Å²) >= 11 is 0. The van der Waals surface area contributed by atoms with Gasteiger partial charge in [-0.1, -0.05) is 31.2 Å². The van der Waals surface area contributed by atoms with Gasteiger partial charge in [-0.2, -0.15) is 0 Å². The first-order chi connectivity index (χ1) is 6.90. The van der Waals surface area contributed by atoms with Crippen LogP contribution in [-0.2, 0) is 0 Å². The van der Waals surface area contributed by atoms with Crippen molar-refractivity contribution in [2.75, 3.05) is 25.0 Å². The van der Waals surface area contributed by atoms with Crippen LogP contribution >= 0.6 is 0 Å². The molecule has 1 aromatic carbocycles. The van der Waals surface area contributed by atoms with E-state index in [2.05, 4.69) is 47.9 Å². The van der Waals surface area contributed by atoms with Gasteiger partial charge >= 0.3 is 0 Å². The third kappa shape index (κ3) is 1.96. The van der Waals surface area contributed by atoms with Gasteiger partial charge in [0.2, 0.25) is 0 Å². The Morgan fingerprint density at radius 3 is 3.07 bits per heavy atom. The molecule has 0 bridgehead atoms. The largest absolute Gasteiger partial charge is 0.381 e. The van der Waals surface area contributed by atoms with E-state index < -0.39 is 0 Å². The molecular weight excluding hydrogens is 172 g/mol. The van der Waals surface area contributed by atoms with Gasteiger partial charge in [-0.25, -0.2) is 0 Å². The molecule has 2 rings (SSSR count). The van der Waals surface area contributed by atoms with Crippen LogP contribution in [0.2, 0.25) is 0 Å². The molecule has 2 heteroatoms. The predicted molar refractivity (Wildman–Crippen MR) is 61.5 cm³/mol. The molecule has 0 saturated carbocycles. The molecule has 0 atom stereocenters. The smallest absolute Gasteiger partial charge is 0.0416 e. The molecule has 1 aliphatic rings. The fraction of sp³-hybridized carbons (Fsp3) is 0.333. The van der Waals surface area contributed by atoms with Crippen molar-refractivity contribution in [2.24, 2.45) is 0 Å². The summed E-state index contributed by atoms with van der Waals surface area (Å²) in [6, 6.07) is 8.41. The van der Waals surface area contributed by atoms with Gasteiger partial charge in [0.05, 0.1) is 0 Å². The maximum absolute atomic E-state index is 3.41. The van der Waals surface area contributed by atoms with Crippen LogP contribution in [0.15, 0.2) is 29.8 Å². The summed E-state index contributed by atoms with van der Waals surface area (Å²) in [6.45, 7) is 5.10. The average molecular weight is 188 g/mol. The summed E-state index contributed by atoms with van der Waals surface area (Å²) in [4.78, 5) is 0. The second-order valence-corrected chi connectivity index (χ2v) is 3.52. The van der Waals surface area contributed by atoms with E-state index >= 15 is 0 Å². The number of rotatable bonds is 3. The van der Waals surface area contributed by atoms with Gasteiger partial charge in [0.25, 0.3) is 0 Å². The molecule has 0 saturated heterocycles. The van der Waals surface area contributed by atoms with E-state index in [0.717, 1.165) is 19.6 Å². The predicted octanol–water partition coefficient (Wildman–Crippen LogP) is 2.10. The molecule has 0 radical (unpaired) electrons. The average Bonchev–Trinajstić information content (AvgIpc) is 2.26. The Morgan fingerprint density at radius 1 is 1.36 bits per heavy atom. The summed E-state index contributed by atoms with van der Waals surface area (Å²) in [6.07, 6.45) is 2.27. The van der Waals surface area contributed by atoms with Crippen molar-refractivity contribution in [1.29, 1.82) is 0 Å². The zero-order chi connectivity index (χ0) is 9.80. The Morgan fingerprint density at radius 2 is 2.21 bits per heavy atom. The maximum atomic E-state index is 3.41. The lowest BCUT2D eigenvalue weighted by molar-refractivity contribution is 0.771. The number of anilines is 1. The lowest BCUT2D eigenvalue weighted by Crippen LogP contribution is -2.22. The summed E-state index contributed by atoms with van der Waals surface area (Å²) in [5.41, 5.74) is 3.96. The Kier molecular flexibility index (Phi) is 2.84. The Balaban J connectivity index is 2.14. The first-order valence-corrected chi connectivity index (χ1v) is 5.13. The van der Waals surface area contributed by atoms with Gasteiger partial charge < -0.3 is 10.6 Å². The minimum Gasteiger partial charge on any atom is -0.381 e. The number of likely N-dealkylation sites (N-methyl/N-ethyl adjacent to an activating group) is 1. The maximum Gasteiger partial charge on any atom is 0.0416 e. The third-order valence-electron chi connectivity index (χ3n) is 2.43. The van der Waals surface area contributed by atoms with Crippen molar-refractivity contribution in [2.45, 2.75) is 6.92 Å². The van der Waals surface area contributed by atoms with Crippen LogP contribution in [0, 0.1) is 0 Å². The molecule has 1 aliphatic heterocycles. The lowest BCUT2D eigenvalue weighted by atomic mass is 10.0. The molecule has 1 heterocycles. The van der Waals surface area contributed by atoms with Gasteiger partial charge in [-0.15, -0.1) is 0 Å². The molecular formula is C12H16N2. The van der Waals surface area contributed by atoms with E-state index in [0.29, 0.717) is 0 Å². The molecule has 2 N–H and O–H groups in total. The van der Waals surface area contributed by atoms with Crippen molar-refractivity contribution in [3.63, 3.8) is 0 Å². The van der Waals surface area contributed by atoms with Crippen molar-refractivity contribution < 1.29 is 0 Å². The minimum atomic E-state index is 0.962. The van der Waals surface area contributed by atoms with Crippen molar-refractivity contribution >= 4 is 11.8 Å². The van der Waals surface area contributed by atoms with E-state index in [1.165, 1.54) is 16.8 Å². The fourth-order valence-electron chi connectivity index (χ4n) is 1.66. The van der Waals surface area contributed by atoms with E-state index in [1.54, 1.807) is 0 Å². The second-order valence-electron chi connectivity index (χ2n) is 3.52. The van der Waals surface area contributed by atoms with Gasteiger partial charge in [-0.05, 0) is 23.7 Å². The molecule has 74 valence electrons. The van der Waals surface area contributed by atoms with Crippen LogP contribution in [0.4, 0.5) is 5.69 Å². The molecule has 0 unspecified atom stereocenters. The molecule has 0 amide bonds. The van der Waals surface area contributed by atoms with E-state index in [9.17, 15) is 0 Å². The number of fused-ring (bicyclic) bond motifs is 1. The summed E-state index contributed by atoms with van der Waals surface area (Å²) in [5.74, 6) is 0. The molecule has 14 heavy (non-hydrogen) atoms. The molecule has 0 aromatic heterocycles. The normalized spacial score (nSPS) is 14.2. The third-order valence-corrected chi connectivity index (χ3v) is 2.43. The topological polar surface area (TPSA) is 24.1 Å². The van der Waals surface area contributed by atoms with Crippen LogP contribution in [0.3, 0.4) is 0 Å². The Hall–Kier alpha value is -1.28. The number of benzene rings is 1. The SMILES string of the molecule is CCNCC1=Cc2ccccc2NC1. The number of hydrogen-bond acceptors (Lipinski definition) is 2. The lowest BCUT2D eigenvalue weighted by Gasteiger charge is -2.18. The number of para-hydroxylation sites is 1. The molecule has 1 aromatic rings. The Labute approximate surface area is 85.0 Å². The molecule has 0 aliphatic carbocycles. The van der Waals surface area contributed by atoms with Crippen LogP contribution in [0.5, 0.6) is 0 Å². The highest BCUT2D eigenvalue weighted by Gasteiger charge is 2.07. The molecule has 2 nitrogen and oxygen atoms in total.